The predicted octanol–water partition coefficient (Wildman–Crippen LogP) is 8.00. The highest BCUT2D eigenvalue weighted by Crippen LogP contribution is 2.28. The minimum atomic E-state index is 0.836. The maximum atomic E-state index is 4.63. The minimum Gasteiger partial charge on any atom is -0.274 e. The second kappa shape index (κ2) is 14.2. The number of unbranched alkanes of at least 4 members (excludes halogenated alkanes) is 1. The predicted molar refractivity (Wildman–Crippen MR) is 171 cm³/mol. The summed E-state index contributed by atoms with van der Waals surface area (Å²) < 4.78 is 4.41. The summed E-state index contributed by atoms with van der Waals surface area (Å²) in [7, 11) is 0. The van der Waals surface area contributed by atoms with E-state index in [1.807, 2.05) is 24.3 Å². The molecule has 0 radical (unpaired) electrons. The molecule has 6 aromatic rings. The lowest BCUT2D eigenvalue weighted by Crippen LogP contribution is -2.05. The van der Waals surface area contributed by atoms with Crippen molar-refractivity contribution in [2.75, 3.05) is 0 Å². The molecule has 0 saturated heterocycles. The van der Waals surface area contributed by atoms with Crippen LogP contribution in [-0.4, -0.2) is 29.5 Å². The van der Waals surface area contributed by atoms with Gasteiger partial charge >= 0.3 is 0 Å². The van der Waals surface area contributed by atoms with Gasteiger partial charge in [-0.05, 0) is 48.2 Å². The molecule has 0 atom stereocenters. The maximum Gasteiger partial charge on any atom is 0.196 e. The second-order valence-electron chi connectivity index (χ2n) is 9.90. The van der Waals surface area contributed by atoms with Crippen molar-refractivity contribution in [1.82, 2.24) is 29.5 Å². The molecule has 0 amide bonds. The van der Waals surface area contributed by atoms with Crippen LogP contribution in [0.1, 0.15) is 35.6 Å². The molecule has 42 heavy (non-hydrogen) atoms. The van der Waals surface area contributed by atoms with Gasteiger partial charge in [0, 0.05) is 35.7 Å². The molecule has 0 spiro atoms. The third kappa shape index (κ3) is 7.01. The van der Waals surface area contributed by atoms with Gasteiger partial charge in [-0.1, -0.05) is 121 Å². The smallest absolute Gasteiger partial charge is 0.196 e. The fourth-order valence-corrected chi connectivity index (χ4v) is 6.65. The SMILES string of the molecule is c1ccc(CSc2nnc(CCCCc3nnc(SCc4ccccc4)n3-c3ccccc3)n2-c2ccccc2)cc1. The normalized spacial score (nSPS) is 11.1. The van der Waals surface area contributed by atoms with Crippen molar-refractivity contribution in [1.29, 1.82) is 0 Å². The lowest BCUT2D eigenvalue weighted by molar-refractivity contribution is 0.664. The Hall–Kier alpha value is -4.14. The first-order valence-electron chi connectivity index (χ1n) is 14.2. The van der Waals surface area contributed by atoms with Crippen molar-refractivity contribution in [3.63, 3.8) is 0 Å². The number of thioether (sulfide) groups is 2. The van der Waals surface area contributed by atoms with Gasteiger partial charge in [0.2, 0.25) is 0 Å². The molecule has 0 aliphatic rings. The summed E-state index contributed by atoms with van der Waals surface area (Å²) in [6, 6.07) is 41.8. The minimum absolute atomic E-state index is 0.836. The van der Waals surface area contributed by atoms with E-state index >= 15 is 0 Å². The molecule has 8 heteroatoms. The molecule has 2 heterocycles. The van der Waals surface area contributed by atoms with Crippen LogP contribution < -0.4 is 0 Å². The number of hydrogen-bond donors (Lipinski definition) is 0. The first kappa shape index (κ1) is 28.0. The lowest BCUT2D eigenvalue weighted by Gasteiger charge is -2.11. The van der Waals surface area contributed by atoms with E-state index in [9.17, 15) is 0 Å². The standard InChI is InChI=1S/C34H32N6S2/c1-5-15-27(16-6-1)25-41-33-37-35-31(39(33)29-19-9-3-10-20-29)23-13-14-24-32-36-38-34(40(32)30-21-11-4-12-22-30)42-26-28-17-7-2-8-18-28/h1-12,15-22H,13-14,23-26H2. The van der Waals surface area contributed by atoms with Crippen molar-refractivity contribution in [3.8, 4) is 11.4 Å². The molecule has 4 aromatic carbocycles. The van der Waals surface area contributed by atoms with Crippen LogP contribution in [0.15, 0.2) is 132 Å². The second-order valence-corrected chi connectivity index (χ2v) is 11.8. The first-order chi connectivity index (χ1) is 20.8. The summed E-state index contributed by atoms with van der Waals surface area (Å²) in [6.07, 6.45) is 3.62. The van der Waals surface area contributed by atoms with Crippen LogP contribution in [-0.2, 0) is 24.3 Å². The van der Waals surface area contributed by atoms with Crippen molar-refractivity contribution >= 4 is 23.5 Å². The monoisotopic (exact) mass is 588 g/mol. The largest absolute Gasteiger partial charge is 0.274 e. The Morgan fingerprint density at radius 1 is 0.429 bits per heavy atom. The van der Waals surface area contributed by atoms with Crippen molar-refractivity contribution in [2.45, 2.75) is 47.5 Å². The summed E-state index contributed by atoms with van der Waals surface area (Å²) in [6.45, 7) is 0. The summed E-state index contributed by atoms with van der Waals surface area (Å²) in [5, 5.41) is 20.3. The molecule has 0 aliphatic carbocycles. The van der Waals surface area contributed by atoms with Gasteiger partial charge in [-0.3, -0.25) is 9.13 Å². The van der Waals surface area contributed by atoms with E-state index in [4.69, 9.17) is 0 Å². The van der Waals surface area contributed by atoms with Crippen molar-refractivity contribution in [2.24, 2.45) is 0 Å². The zero-order valence-corrected chi connectivity index (χ0v) is 24.9. The van der Waals surface area contributed by atoms with Crippen LogP contribution >= 0.6 is 23.5 Å². The summed E-state index contributed by atoms with van der Waals surface area (Å²) in [5.74, 6) is 3.68. The molecule has 6 nitrogen and oxygen atoms in total. The quantitative estimate of drug-likeness (QED) is 0.101. The number of rotatable bonds is 13. The van der Waals surface area contributed by atoms with Gasteiger partial charge in [0.1, 0.15) is 11.6 Å². The van der Waals surface area contributed by atoms with Gasteiger partial charge in [-0.25, -0.2) is 0 Å². The van der Waals surface area contributed by atoms with Gasteiger partial charge in [0.25, 0.3) is 0 Å². The highest BCUT2D eigenvalue weighted by atomic mass is 32.2. The fraction of sp³-hybridized carbons (Fsp3) is 0.176. The first-order valence-corrected chi connectivity index (χ1v) is 16.1. The molecule has 0 bridgehead atoms. The van der Waals surface area contributed by atoms with Crippen molar-refractivity contribution < 1.29 is 0 Å². The number of aromatic nitrogens is 6. The lowest BCUT2D eigenvalue weighted by atomic mass is 10.1. The zero-order valence-electron chi connectivity index (χ0n) is 23.3. The van der Waals surface area contributed by atoms with E-state index in [0.717, 1.165) is 70.5 Å². The number of hydrogen-bond acceptors (Lipinski definition) is 6. The average molecular weight is 589 g/mol. The molecular weight excluding hydrogens is 557 g/mol. The van der Waals surface area contributed by atoms with Crippen LogP contribution in [0.3, 0.4) is 0 Å². The molecule has 0 aliphatic heterocycles. The topological polar surface area (TPSA) is 61.4 Å². The zero-order chi connectivity index (χ0) is 28.4. The van der Waals surface area contributed by atoms with Gasteiger partial charge in [-0.2, -0.15) is 0 Å². The van der Waals surface area contributed by atoms with Crippen molar-refractivity contribution in [3.05, 3.63) is 144 Å². The van der Waals surface area contributed by atoms with Gasteiger partial charge in [0.05, 0.1) is 0 Å². The van der Waals surface area contributed by atoms with Gasteiger partial charge < -0.3 is 0 Å². The molecule has 6 rings (SSSR count). The highest BCUT2D eigenvalue weighted by molar-refractivity contribution is 7.98. The molecule has 0 N–H and O–H groups in total. The summed E-state index contributed by atoms with van der Waals surface area (Å²) in [5.41, 5.74) is 4.74. The third-order valence-corrected chi connectivity index (χ3v) is 8.90. The van der Waals surface area contributed by atoms with E-state index in [0.29, 0.717) is 0 Å². The number of para-hydroxylation sites is 2. The fourth-order valence-electron chi connectivity index (χ4n) is 4.79. The van der Waals surface area contributed by atoms with Crippen LogP contribution in [0.5, 0.6) is 0 Å². The average Bonchev–Trinajstić information content (AvgIpc) is 3.66. The molecule has 2 aromatic heterocycles. The van der Waals surface area contributed by atoms with E-state index in [2.05, 4.69) is 127 Å². The molecule has 0 unspecified atom stereocenters. The van der Waals surface area contributed by atoms with Crippen LogP contribution in [0.4, 0.5) is 0 Å². The highest BCUT2D eigenvalue weighted by Gasteiger charge is 2.17. The van der Waals surface area contributed by atoms with Gasteiger partial charge in [-0.15, -0.1) is 20.4 Å². The maximum absolute atomic E-state index is 4.63. The summed E-state index contributed by atoms with van der Waals surface area (Å²) in [4.78, 5) is 0. The molecule has 0 saturated carbocycles. The number of nitrogens with zero attached hydrogens (tertiary/aromatic N) is 6. The van der Waals surface area contributed by atoms with E-state index < -0.39 is 0 Å². The molecular formula is C34H32N6S2. The number of benzene rings is 4. The van der Waals surface area contributed by atoms with Crippen LogP contribution in [0.2, 0.25) is 0 Å². The van der Waals surface area contributed by atoms with Crippen LogP contribution in [0, 0.1) is 0 Å². The third-order valence-electron chi connectivity index (χ3n) is 6.90. The Labute approximate surface area is 255 Å². The molecule has 0 fully saturated rings. The number of aryl methyl sites for hydroxylation is 2. The Morgan fingerprint density at radius 2 is 0.786 bits per heavy atom. The molecule has 210 valence electrons. The van der Waals surface area contributed by atoms with E-state index in [1.54, 1.807) is 23.5 Å². The van der Waals surface area contributed by atoms with E-state index in [-0.39, 0.29) is 0 Å². The summed E-state index contributed by atoms with van der Waals surface area (Å²) >= 11 is 3.45. The van der Waals surface area contributed by atoms with E-state index in [1.165, 1.54) is 11.1 Å². The Balaban J connectivity index is 1.14. The Kier molecular flexibility index (Phi) is 9.44. The Morgan fingerprint density at radius 3 is 1.17 bits per heavy atom. The van der Waals surface area contributed by atoms with Crippen LogP contribution in [0.25, 0.3) is 11.4 Å². The Bertz CT molecular complexity index is 1540. The van der Waals surface area contributed by atoms with Gasteiger partial charge in [0.15, 0.2) is 10.3 Å².